The van der Waals surface area contributed by atoms with Crippen molar-refractivity contribution < 1.29 is 133 Å². The van der Waals surface area contributed by atoms with Crippen LogP contribution < -0.4 is 15.5 Å². The summed E-state index contributed by atoms with van der Waals surface area (Å²) in [5, 5.41) is 5.46. The standard InChI is InChI=1S/C74H125N3O28/c1-74(2,3)105-73(80)76-17-19-82-21-23-84-25-27-86-29-31-88-33-35-90-37-39-92-41-43-94-45-47-96-49-51-98-53-55-100-57-59-102-61-63-104-65-64-103-62-60-101-58-56-99-54-52-97-50-48-95-46-44-93-42-40-91-38-36-89-34-32-87-30-28-85-26-24-83-22-20-81-18-15-71(78)75-16-14-72(79)77-66-69-10-5-4-8-67(69)12-13-68-9-6-7-11-70(68)77/h4-11H,14-66H2,1-3H3,(H,75,78)(H,76,80). The molecule has 3 amide bonds. The zero-order valence-electron chi connectivity index (χ0n) is 63.0. The Morgan fingerprint density at radius 2 is 0.552 bits per heavy atom. The molecule has 0 saturated carbocycles. The number of carbonyl (C=O) groups is 3. The lowest BCUT2D eigenvalue weighted by Crippen LogP contribution is -2.35. The van der Waals surface area contributed by atoms with Gasteiger partial charge in [-0.2, -0.15) is 0 Å². The normalized spacial score (nSPS) is 12.0. The van der Waals surface area contributed by atoms with E-state index >= 15 is 0 Å². The number of hydrogen-bond acceptors (Lipinski definition) is 28. The summed E-state index contributed by atoms with van der Waals surface area (Å²) in [6, 6.07) is 15.4. The molecule has 0 aliphatic carbocycles. The number of alkyl carbamates (subject to hydrolysis) is 1. The molecule has 0 aromatic heterocycles. The van der Waals surface area contributed by atoms with Gasteiger partial charge in [0.05, 0.1) is 329 Å². The van der Waals surface area contributed by atoms with Crippen molar-refractivity contribution >= 4 is 23.6 Å². The van der Waals surface area contributed by atoms with E-state index in [1.54, 1.807) is 4.90 Å². The first-order chi connectivity index (χ1) is 51.7. The Hall–Kier alpha value is -4.75. The number of para-hydroxylation sites is 1. The molecule has 0 unspecified atom stereocenters. The summed E-state index contributed by atoms with van der Waals surface area (Å²) in [5.74, 6) is 6.15. The minimum atomic E-state index is -0.524. The van der Waals surface area contributed by atoms with Crippen molar-refractivity contribution in [3.63, 3.8) is 0 Å². The van der Waals surface area contributed by atoms with Crippen LogP contribution in [0.15, 0.2) is 48.5 Å². The first-order valence-corrected chi connectivity index (χ1v) is 36.8. The van der Waals surface area contributed by atoms with Crippen molar-refractivity contribution in [2.75, 3.05) is 335 Å². The van der Waals surface area contributed by atoms with Crippen molar-refractivity contribution in [3.8, 4) is 11.8 Å². The maximum Gasteiger partial charge on any atom is 0.407 e. The fourth-order valence-electron chi connectivity index (χ4n) is 8.60. The second-order valence-corrected chi connectivity index (χ2v) is 23.4. The van der Waals surface area contributed by atoms with Gasteiger partial charge in [0, 0.05) is 37.1 Å². The van der Waals surface area contributed by atoms with E-state index < -0.39 is 11.7 Å². The van der Waals surface area contributed by atoms with E-state index in [0.29, 0.717) is 324 Å². The quantitative estimate of drug-likeness (QED) is 0.0704. The van der Waals surface area contributed by atoms with Gasteiger partial charge in [0.15, 0.2) is 0 Å². The highest BCUT2D eigenvalue weighted by Gasteiger charge is 2.21. The molecule has 2 aromatic carbocycles. The first-order valence-electron chi connectivity index (χ1n) is 36.8. The molecule has 3 rings (SSSR count). The lowest BCUT2D eigenvalue weighted by Gasteiger charge is -2.26. The molecule has 0 atom stereocenters. The van der Waals surface area contributed by atoms with Crippen LogP contribution in [0.2, 0.25) is 0 Å². The van der Waals surface area contributed by atoms with E-state index in [1.165, 1.54) is 0 Å². The molecule has 105 heavy (non-hydrogen) atoms. The summed E-state index contributed by atoms with van der Waals surface area (Å²) in [5.41, 5.74) is 2.91. The van der Waals surface area contributed by atoms with Crippen LogP contribution in [0.25, 0.3) is 0 Å². The number of carbonyl (C=O) groups excluding carboxylic acids is 3. The smallest absolute Gasteiger partial charge is 0.407 e. The fraction of sp³-hybridized carbons (Fsp3) is 0.770. The van der Waals surface area contributed by atoms with E-state index in [9.17, 15) is 14.4 Å². The molecule has 31 heteroatoms. The number of anilines is 1. The Kier molecular flexibility index (Phi) is 64.9. The van der Waals surface area contributed by atoms with Crippen LogP contribution >= 0.6 is 0 Å². The van der Waals surface area contributed by atoms with Crippen molar-refractivity contribution in [1.82, 2.24) is 10.6 Å². The number of hydrogen-bond donors (Lipinski definition) is 2. The van der Waals surface area contributed by atoms with Crippen molar-refractivity contribution in [2.24, 2.45) is 0 Å². The van der Waals surface area contributed by atoms with Crippen LogP contribution in [-0.4, -0.2) is 354 Å². The minimum absolute atomic E-state index is 0.0889. The second-order valence-electron chi connectivity index (χ2n) is 23.4. The zero-order valence-corrected chi connectivity index (χ0v) is 63.0. The SMILES string of the molecule is CC(C)(C)OC(=O)NCCOCCOCCOCCOCCOCCOCCOCCOCCOCCOCCOCCOCCOCCOCCOCCOCCOCCOCCOCCOCCOCCOCCOCCOCCC(=O)NCCC(=O)N1Cc2ccccc2C#Cc2ccccc21. The molecular weight excluding hydrogens is 1380 g/mol. The average Bonchev–Trinajstić information content (AvgIpc) is 0.807. The minimum Gasteiger partial charge on any atom is -0.444 e. The molecule has 1 aliphatic heterocycles. The third-order valence-electron chi connectivity index (χ3n) is 13.8. The maximum absolute atomic E-state index is 13.3. The highest BCUT2D eigenvalue weighted by molar-refractivity contribution is 5.95. The van der Waals surface area contributed by atoms with Gasteiger partial charge in [-0.1, -0.05) is 42.2 Å². The molecule has 2 aromatic rings. The molecule has 0 saturated heterocycles. The molecule has 0 radical (unpaired) electrons. The van der Waals surface area contributed by atoms with Gasteiger partial charge in [0.25, 0.3) is 0 Å². The molecule has 1 aliphatic rings. The van der Waals surface area contributed by atoms with Crippen LogP contribution in [0, 0.1) is 11.8 Å². The number of nitrogens with one attached hydrogen (secondary N) is 2. The maximum atomic E-state index is 13.3. The van der Waals surface area contributed by atoms with Crippen molar-refractivity contribution in [2.45, 2.75) is 45.8 Å². The van der Waals surface area contributed by atoms with Gasteiger partial charge in [0.2, 0.25) is 11.8 Å². The van der Waals surface area contributed by atoms with E-state index in [1.807, 2.05) is 69.3 Å². The van der Waals surface area contributed by atoms with Gasteiger partial charge >= 0.3 is 6.09 Å². The number of fused-ring (bicyclic) bond motifs is 2. The third-order valence-corrected chi connectivity index (χ3v) is 13.8. The van der Waals surface area contributed by atoms with Gasteiger partial charge < -0.3 is 134 Å². The molecular formula is C74H125N3O28. The highest BCUT2D eigenvalue weighted by Crippen LogP contribution is 2.26. The van der Waals surface area contributed by atoms with Gasteiger partial charge in [0.1, 0.15) is 5.60 Å². The van der Waals surface area contributed by atoms with Crippen LogP contribution in [0.5, 0.6) is 0 Å². The molecule has 0 bridgehead atoms. The largest absolute Gasteiger partial charge is 0.444 e. The molecule has 31 nitrogen and oxygen atoms in total. The van der Waals surface area contributed by atoms with E-state index in [0.717, 1.165) is 22.4 Å². The van der Waals surface area contributed by atoms with E-state index in [-0.39, 0.29) is 37.8 Å². The molecule has 0 spiro atoms. The van der Waals surface area contributed by atoms with Gasteiger partial charge in [-0.3, -0.25) is 9.59 Å². The van der Waals surface area contributed by atoms with E-state index in [4.69, 9.17) is 118 Å². The second kappa shape index (κ2) is 72.1. The van der Waals surface area contributed by atoms with Crippen molar-refractivity contribution in [1.29, 1.82) is 0 Å². The molecule has 604 valence electrons. The fourth-order valence-corrected chi connectivity index (χ4v) is 8.60. The summed E-state index contributed by atoms with van der Waals surface area (Å²) in [6.07, 6.45) is -0.111. The highest BCUT2D eigenvalue weighted by atomic mass is 16.6. The number of amides is 3. The Bertz CT molecular complexity index is 2370. The lowest BCUT2D eigenvalue weighted by atomic mass is 10.0. The summed E-state index contributed by atoms with van der Waals surface area (Å²) < 4.78 is 138. The van der Waals surface area contributed by atoms with Crippen molar-refractivity contribution in [3.05, 3.63) is 65.2 Å². The summed E-state index contributed by atoms with van der Waals surface area (Å²) in [4.78, 5) is 39.0. The predicted molar refractivity (Wildman–Crippen MR) is 386 cm³/mol. The van der Waals surface area contributed by atoms with E-state index in [2.05, 4.69) is 22.5 Å². The molecule has 0 fully saturated rings. The predicted octanol–water partition coefficient (Wildman–Crippen LogP) is 3.75. The monoisotopic (exact) mass is 1500 g/mol. The third kappa shape index (κ3) is 61.8. The Morgan fingerprint density at radius 3 is 0.848 bits per heavy atom. The lowest BCUT2D eigenvalue weighted by molar-refractivity contribution is -0.122. The Balaban J connectivity index is 0.860. The van der Waals surface area contributed by atoms with Gasteiger partial charge in [-0.05, 0) is 44.5 Å². The zero-order chi connectivity index (χ0) is 74.8. The summed E-state index contributed by atoms with van der Waals surface area (Å²) in [7, 11) is 0. The average molecular weight is 1500 g/mol. The number of ether oxygens (including phenoxy) is 25. The summed E-state index contributed by atoms with van der Waals surface area (Å²) in [6.45, 7) is 28.3. The van der Waals surface area contributed by atoms with Crippen LogP contribution in [0.1, 0.15) is 50.3 Å². The Labute approximate surface area is 622 Å². The van der Waals surface area contributed by atoms with Crippen LogP contribution in [-0.2, 0) is 135 Å². The van der Waals surface area contributed by atoms with Crippen LogP contribution in [0.3, 0.4) is 0 Å². The number of rotatable bonds is 78. The Morgan fingerprint density at radius 1 is 0.305 bits per heavy atom. The topological polar surface area (TPSA) is 309 Å². The number of nitrogens with zero attached hydrogens (tertiary/aromatic N) is 1. The number of benzene rings is 2. The van der Waals surface area contributed by atoms with Crippen LogP contribution in [0.4, 0.5) is 10.5 Å². The molecule has 1 heterocycles. The first kappa shape index (κ1) is 94.5. The summed E-state index contributed by atoms with van der Waals surface area (Å²) >= 11 is 0. The molecule has 2 N–H and O–H groups in total. The van der Waals surface area contributed by atoms with Gasteiger partial charge in [-0.15, -0.1) is 0 Å². The van der Waals surface area contributed by atoms with Gasteiger partial charge in [-0.25, -0.2) is 4.79 Å².